The van der Waals surface area contributed by atoms with E-state index in [0.29, 0.717) is 24.0 Å². The first-order valence-electron chi connectivity index (χ1n) is 13.0. The zero-order valence-electron chi connectivity index (χ0n) is 20.2. The number of benzene rings is 1. The van der Waals surface area contributed by atoms with Gasteiger partial charge >= 0.3 is 5.97 Å². The van der Waals surface area contributed by atoms with Gasteiger partial charge in [-0.3, -0.25) is 4.79 Å². The van der Waals surface area contributed by atoms with Crippen molar-refractivity contribution in [2.24, 2.45) is 5.92 Å². The minimum atomic E-state index is -1.03. The van der Waals surface area contributed by atoms with Gasteiger partial charge in [0.05, 0.1) is 6.10 Å². The van der Waals surface area contributed by atoms with Crippen molar-refractivity contribution in [1.82, 2.24) is 10.3 Å². The molecular formula is C28H35N3O4. The summed E-state index contributed by atoms with van der Waals surface area (Å²) >= 11 is 0. The molecule has 2 aliphatic carbocycles. The van der Waals surface area contributed by atoms with Crippen LogP contribution in [-0.4, -0.2) is 47.3 Å². The average Bonchev–Trinajstić information content (AvgIpc) is 3.69. The summed E-state index contributed by atoms with van der Waals surface area (Å²) in [7, 11) is 0. The van der Waals surface area contributed by atoms with Crippen LogP contribution in [0.2, 0.25) is 0 Å². The molecule has 0 radical (unpaired) electrons. The van der Waals surface area contributed by atoms with Crippen molar-refractivity contribution in [1.29, 1.82) is 0 Å². The van der Waals surface area contributed by atoms with Crippen molar-refractivity contribution in [3.63, 3.8) is 0 Å². The number of carbonyl (C=O) groups is 2. The zero-order valence-corrected chi connectivity index (χ0v) is 20.2. The molecule has 7 heteroatoms. The van der Waals surface area contributed by atoms with Crippen molar-refractivity contribution in [3.05, 3.63) is 58.8 Å². The molecule has 0 saturated heterocycles. The second-order valence-electron chi connectivity index (χ2n) is 10.3. The van der Waals surface area contributed by atoms with Gasteiger partial charge in [-0.25, -0.2) is 9.78 Å². The van der Waals surface area contributed by atoms with Crippen LogP contribution in [-0.2, 0) is 22.4 Å². The van der Waals surface area contributed by atoms with Crippen LogP contribution in [0.15, 0.2) is 36.4 Å². The number of amides is 1. The normalized spacial score (nSPS) is 21.8. The number of nitrogens with zero attached hydrogens (tertiary/aromatic N) is 1. The number of carboxylic acid groups (broad SMARTS) is 1. The maximum atomic E-state index is 12.5. The van der Waals surface area contributed by atoms with Crippen LogP contribution >= 0.6 is 0 Å². The van der Waals surface area contributed by atoms with Gasteiger partial charge in [-0.15, -0.1) is 0 Å². The van der Waals surface area contributed by atoms with Gasteiger partial charge in [0.25, 0.3) is 5.91 Å². The maximum absolute atomic E-state index is 12.5. The molecule has 35 heavy (non-hydrogen) atoms. The van der Waals surface area contributed by atoms with Crippen molar-refractivity contribution < 1.29 is 19.4 Å². The summed E-state index contributed by atoms with van der Waals surface area (Å²) in [4.78, 5) is 28.9. The molecule has 7 nitrogen and oxygen atoms in total. The fourth-order valence-corrected chi connectivity index (χ4v) is 5.08. The highest BCUT2D eigenvalue weighted by Gasteiger charge is 2.30. The molecule has 1 aliphatic heterocycles. The zero-order chi connectivity index (χ0) is 24.2. The lowest BCUT2D eigenvalue weighted by Crippen LogP contribution is -2.42. The average molecular weight is 478 g/mol. The molecule has 1 aromatic heterocycles. The van der Waals surface area contributed by atoms with E-state index in [1.54, 1.807) is 12.1 Å². The molecule has 3 N–H and O–H groups in total. The predicted octanol–water partition coefficient (Wildman–Crippen LogP) is 4.32. The minimum absolute atomic E-state index is 0.179. The van der Waals surface area contributed by atoms with Crippen LogP contribution in [0.25, 0.3) is 0 Å². The summed E-state index contributed by atoms with van der Waals surface area (Å²) in [5.41, 5.74) is 4.20. The van der Waals surface area contributed by atoms with Crippen LogP contribution in [0.5, 0.6) is 0 Å². The molecule has 2 fully saturated rings. The van der Waals surface area contributed by atoms with Crippen molar-refractivity contribution in [2.45, 2.75) is 75.9 Å². The van der Waals surface area contributed by atoms with Gasteiger partial charge in [-0.2, -0.15) is 0 Å². The molecule has 1 amide bonds. The number of carbonyl (C=O) groups excluding carboxylic acids is 1. The first kappa shape index (κ1) is 23.8. The number of rotatable bonds is 11. The van der Waals surface area contributed by atoms with E-state index < -0.39 is 12.0 Å². The minimum Gasteiger partial charge on any atom is -0.480 e. The van der Waals surface area contributed by atoms with Crippen LogP contribution < -0.4 is 10.6 Å². The smallest absolute Gasteiger partial charge is 0.326 e. The summed E-state index contributed by atoms with van der Waals surface area (Å²) in [5.74, 6) is 0.919. The Balaban J connectivity index is 0.998. The quantitative estimate of drug-likeness (QED) is 0.446. The van der Waals surface area contributed by atoms with Gasteiger partial charge in [-0.05, 0) is 92.5 Å². The number of hydrogen-bond acceptors (Lipinski definition) is 5. The number of pyridine rings is 1. The molecule has 0 spiro atoms. The third-order valence-electron chi connectivity index (χ3n) is 7.54. The molecule has 3 aliphatic rings. The van der Waals surface area contributed by atoms with Crippen LogP contribution in [0, 0.1) is 5.92 Å². The van der Waals surface area contributed by atoms with Crippen LogP contribution in [0.3, 0.4) is 0 Å². The summed E-state index contributed by atoms with van der Waals surface area (Å²) in [6.07, 6.45) is 9.20. The summed E-state index contributed by atoms with van der Waals surface area (Å²) < 4.78 is 5.91. The molecule has 0 unspecified atom stereocenters. The SMILES string of the molecule is O=C(N[C@@H](CCOC1CC(CCc2ccc3c(n2)NCCC3)C1)C(=O)O)c1ccc(C2CC2)cc1. The number of aryl methyl sites for hydroxylation is 2. The maximum Gasteiger partial charge on any atom is 0.326 e. The summed E-state index contributed by atoms with van der Waals surface area (Å²) in [6.45, 7) is 1.33. The number of aliphatic carboxylic acids is 1. The first-order chi connectivity index (χ1) is 17.0. The second kappa shape index (κ2) is 10.8. The monoisotopic (exact) mass is 477 g/mol. The van der Waals surface area contributed by atoms with E-state index in [9.17, 15) is 14.7 Å². The molecule has 0 bridgehead atoms. The third-order valence-corrected chi connectivity index (χ3v) is 7.54. The summed E-state index contributed by atoms with van der Waals surface area (Å²) in [6, 6.07) is 10.9. The molecule has 2 saturated carbocycles. The predicted molar refractivity (Wildman–Crippen MR) is 134 cm³/mol. The Hall–Kier alpha value is -2.93. The molecule has 186 valence electrons. The van der Waals surface area contributed by atoms with Crippen molar-refractivity contribution in [3.8, 4) is 0 Å². The van der Waals surface area contributed by atoms with Crippen molar-refractivity contribution in [2.75, 3.05) is 18.5 Å². The number of nitrogens with one attached hydrogen (secondary N) is 2. The van der Waals surface area contributed by atoms with E-state index in [-0.39, 0.29) is 18.4 Å². The molecule has 2 aromatic rings. The van der Waals surface area contributed by atoms with Gasteiger partial charge in [0, 0.05) is 30.8 Å². The molecule has 1 aromatic carbocycles. The number of ether oxygens (including phenoxy) is 1. The van der Waals surface area contributed by atoms with E-state index in [1.165, 1.54) is 30.4 Å². The fourth-order valence-electron chi connectivity index (χ4n) is 5.08. The van der Waals surface area contributed by atoms with Crippen molar-refractivity contribution >= 4 is 17.7 Å². The number of carboxylic acids is 1. The van der Waals surface area contributed by atoms with Crippen LogP contribution in [0.1, 0.15) is 78.0 Å². The molecule has 1 atom stereocenters. The molecule has 5 rings (SSSR count). The van der Waals surface area contributed by atoms with E-state index in [2.05, 4.69) is 22.8 Å². The van der Waals surface area contributed by atoms with Crippen LogP contribution in [0.4, 0.5) is 5.82 Å². The summed E-state index contributed by atoms with van der Waals surface area (Å²) in [5, 5.41) is 15.6. The van der Waals surface area contributed by atoms with Gasteiger partial charge in [0.2, 0.25) is 0 Å². The lowest BCUT2D eigenvalue weighted by Gasteiger charge is -2.35. The van der Waals surface area contributed by atoms with E-state index in [0.717, 1.165) is 50.2 Å². The highest BCUT2D eigenvalue weighted by atomic mass is 16.5. The van der Waals surface area contributed by atoms with Gasteiger partial charge < -0.3 is 20.5 Å². The van der Waals surface area contributed by atoms with E-state index in [4.69, 9.17) is 9.72 Å². The highest BCUT2D eigenvalue weighted by molar-refractivity contribution is 5.96. The Morgan fingerprint density at radius 1 is 1.14 bits per heavy atom. The molecular weight excluding hydrogens is 442 g/mol. The van der Waals surface area contributed by atoms with Gasteiger partial charge in [-0.1, -0.05) is 18.2 Å². The fraction of sp³-hybridized carbons (Fsp3) is 0.536. The Labute approximate surface area is 206 Å². The number of anilines is 1. The van der Waals surface area contributed by atoms with E-state index >= 15 is 0 Å². The number of hydrogen-bond donors (Lipinski definition) is 3. The first-order valence-corrected chi connectivity index (χ1v) is 13.0. The second-order valence-corrected chi connectivity index (χ2v) is 10.3. The topological polar surface area (TPSA) is 101 Å². The Morgan fingerprint density at radius 2 is 1.94 bits per heavy atom. The number of aromatic nitrogens is 1. The molecule has 2 heterocycles. The van der Waals surface area contributed by atoms with E-state index in [1.807, 2.05) is 12.1 Å². The van der Waals surface area contributed by atoms with Gasteiger partial charge in [0.1, 0.15) is 11.9 Å². The Morgan fingerprint density at radius 3 is 2.69 bits per heavy atom. The van der Waals surface area contributed by atoms with Gasteiger partial charge in [0.15, 0.2) is 0 Å². The third kappa shape index (κ3) is 6.20. The lowest BCUT2D eigenvalue weighted by molar-refractivity contribution is -0.140. The Kier molecular flexibility index (Phi) is 7.32. The highest BCUT2D eigenvalue weighted by Crippen LogP contribution is 2.40. The lowest BCUT2D eigenvalue weighted by atomic mass is 9.79. The number of fused-ring (bicyclic) bond motifs is 1. The Bertz CT molecular complexity index is 1040. The largest absolute Gasteiger partial charge is 0.480 e. The standard InChI is InChI=1S/C28H35N3O4/c32-27(22-8-6-20(7-9-22)19-4-5-19)31-25(28(33)34)13-15-35-24-16-18(17-24)3-11-23-12-10-21-2-1-14-29-26(21)30-23/h6-10,12,18-19,24-25H,1-5,11,13-17H2,(H,29,30)(H,31,32)(H,33,34)/t18?,24?,25-/m0/s1.